The Bertz CT molecular complexity index is 575. The molecular weight excluding hydrogens is 623 g/mol. The number of hydrogen-bond acceptors (Lipinski definition) is 5. The van der Waals surface area contributed by atoms with E-state index >= 15 is 0 Å². The molecule has 0 heterocycles. The summed E-state index contributed by atoms with van der Waals surface area (Å²) in [7, 11) is -7.06. The van der Waals surface area contributed by atoms with Crippen LogP contribution in [0.3, 0.4) is 0 Å². The normalized spacial score (nSPS) is 14.7. The fraction of sp³-hybridized carbons (Fsp3) is 0.704. The van der Waals surface area contributed by atoms with Crippen molar-refractivity contribution in [1.29, 1.82) is 0 Å². The fourth-order valence-corrected chi connectivity index (χ4v) is 2.91. The van der Waals surface area contributed by atoms with Gasteiger partial charge in [-0.25, -0.2) is 0 Å². The summed E-state index contributed by atoms with van der Waals surface area (Å²) in [6.07, 6.45) is 8.78. The molecule has 1 fully saturated rings. The van der Waals surface area contributed by atoms with Crippen LogP contribution in [0.4, 0.5) is 17.3 Å². The number of Topliss-reactive ketones (excluding diaryl/α,β-unsaturated/α-hetero) is 2. The van der Waals surface area contributed by atoms with Crippen LogP contribution in [0.2, 0.25) is 0 Å². The van der Waals surface area contributed by atoms with Crippen molar-refractivity contribution in [3.63, 3.8) is 0 Å². The van der Waals surface area contributed by atoms with Crippen LogP contribution < -0.4 is 0 Å². The summed E-state index contributed by atoms with van der Waals surface area (Å²) in [6.45, 7) is 25.3. The van der Waals surface area contributed by atoms with Crippen LogP contribution in [0.25, 0.3) is 0 Å². The van der Waals surface area contributed by atoms with Gasteiger partial charge in [0.05, 0.1) is 26.2 Å². The number of halogens is 4. The maximum Gasteiger partial charge on any atom is 2.00 e. The quantitative estimate of drug-likeness (QED) is 0.106. The molecule has 0 amide bonds. The molecule has 0 unspecified atom stereocenters. The van der Waals surface area contributed by atoms with E-state index in [0.717, 1.165) is 0 Å². The summed E-state index contributed by atoms with van der Waals surface area (Å²) in [6, 6.07) is 0. The average Bonchev–Trinajstić information content (AvgIpc) is 2.73. The summed E-state index contributed by atoms with van der Waals surface area (Å²) in [5.74, 6) is 3.45. The smallest absolute Gasteiger partial charge is 0.418 e. The maximum absolute atomic E-state index is 11.5. The molecule has 0 atom stereocenters. The van der Waals surface area contributed by atoms with E-state index in [1.807, 2.05) is 62.3 Å². The summed E-state index contributed by atoms with van der Waals surface area (Å²) >= 11 is 0. The zero-order valence-electron chi connectivity index (χ0n) is 25.6. The molecule has 5 nitrogen and oxygen atoms in total. The zero-order valence-corrected chi connectivity index (χ0v) is 28.3. The van der Waals surface area contributed by atoms with E-state index in [4.69, 9.17) is 13.6 Å². The van der Waals surface area contributed by atoms with Gasteiger partial charge in [0.1, 0.15) is 11.6 Å². The van der Waals surface area contributed by atoms with E-state index in [1.165, 1.54) is 11.8 Å². The third-order valence-electron chi connectivity index (χ3n) is 4.44. The third-order valence-corrected chi connectivity index (χ3v) is 5.85. The minimum Gasteiger partial charge on any atom is -0.418 e. The molecule has 0 aliphatic heterocycles. The molecule has 230 valence electrons. The molecule has 0 bridgehead atoms. The maximum atomic E-state index is 11.5. The van der Waals surface area contributed by atoms with Gasteiger partial charge in [-0.1, -0.05) is 62.3 Å². The predicted octanol–water partition coefficient (Wildman–Crippen LogP) is 8.87. The Morgan fingerprint density at radius 1 is 0.769 bits per heavy atom. The van der Waals surface area contributed by atoms with Crippen LogP contribution in [-0.2, 0) is 42.6 Å². The summed E-state index contributed by atoms with van der Waals surface area (Å²) in [4.78, 5) is 23.0. The molecule has 0 aromatic carbocycles. The van der Waals surface area contributed by atoms with Gasteiger partial charge >= 0.3 is 35.3 Å². The van der Waals surface area contributed by atoms with Gasteiger partial charge in [-0.05, 0) is 64.2 Å². The van der Waals surface area contributed by atoms with Gasteiger partial charge in [-0.2, -0.15) is 0 Å². The molecule has 1 rings (SSSR count). The van der Waals surface area contributed by atoms with Crippen LogP contribution in [0.5, 0.6) is 0 Å². The third kappa shape index (κ3) is 32.4. The molecule has 1 aliphatic carbocycles. The molecule has 0 saturated heterocycles. The van der Waals surface area contributed by atoms with Crippen LogP contribution >= 0.6 is 8.60 Å². The zero-order chi connectivity index (χ0) is 30.7. The number of rotatable bonds is 9. The number of ketones is 2. The SMILES string of the molecule is CC(C)(C)C(=O)CC(=O)C(C)(C)C.CCOP(OCC)OCC.C[C]1[CH][CH][C](C(C)C)[CH][CH]1.F[B-](F)(F)F.[Ru+2]. The molecule has 39 heavy (non-hydrogen) atoms. The van der Waals surface area contributed by atoms with Crippen LogP contribution in [0.1, 0.15) is 89.5 Å². The van der Waals surface area contributed by atoms with Crippen molar-refractivity contribution in [2.45, 2.75) is 89.5 Å². The summed E-state index contributed by atoms with van der Waals surface area (Å²) < 4.78 is 54.4. The second-order valence-corrected chi connectivity index (χ2v) is 11.8. The molecule has 0 aromatic heterocycles. The van der Waals surface area contributed by atoms with Gasteiger partial charge in [0, 0.05) is 10.8 Å². The first-order valence-corrected chi connectivity index (χ1v) is 13.9. The van der Waals surface area contributed by atoms with Gasteiger partial charge in [-0.15, -0.1) is 0 Å². The largest absolute Gasteiger partial charge is 2.00 e. The Balaban J connectivity index is -0.000000216. The minimum absolute atomic E-state index is 0. The van der Waals surface area contributed by atoms with Crippen molar-refractivity contribution in [2.75, 3.05) is 19.8 Å². The van der Waals surface area contributed by atoms with Gasteiger partial charge in [0.15, 0.2) is 0 Å². The van der Waals surface area contributed by atoms with Crippen molar-refractivity contribution in [3.8, 4) is 0 Å². The minimum atomic E-state index is -6.00. The van der Waals surface area contributed by atoms with Crippen LogP contribution in [-0.4, -0.2) is 38.6 Å². The Hall–Kier alpha value is 0.0583. The van der Waals surface area contributed by atoms with Crippen molar-refractivity contribution in [2.24, 2.45) is 16.7 Å². The monoisotopic (exact) mass is 673 g/mol. The van der Waals surface area contributed by atoms with E-state index < -0.39 is 26.7 Å². The molecule has 0 aromatic rings. The van der Waals surface area contributed by atoms with Gasteiger partial charge < -0.3 is 30.8 Å². The predicted molar refractivity (Wildman–Crippen MR) is 150 cm³/mol. The Morgan fingerprint density at radius 3 is 1.26 bits per heavy atom. The molecule has 1 aliphatic rings. The van der Waals surface area contributed by atoms with Crippen molar-refractivity contribution in [3.05, 3.63) is 37.5 Å². The first-order valence-electron chi connectivity index (χ1n) is 12.8. The second kappa shape index (κ2) is 23.6. The number of carbonyl (C=O) groups is 2. The molecule has 1 saturated carbocycles. The number of carbonyl (C=O) groups excluding carboxylic acids is 2. The second-order valence-electron chi connectivity index (χ2n) is 10.6. The van der Waals surface area contributed by atoms with Crippen LogP contribution in [0.15, 0.2) is 0 Å². The topological polar surface area (TPSA) is 61.8 Å². The average molecular weight is 673 g/mol. The first kappa shape index (κ1) is 46.0. The Kier molecular flexibility index (Phi) is 27.9. The van der Waals surface area contributed by atoms with Crippen LogP contribution in [0, 0.1) is 54.3 Å². The van der Waals surface area contributed by atoms with Crippen molar-refractivity contribution in [1.82, 2.24) is 0 Å². The van der Waals surface area contributed by atoms with E-state index in [9.17, 15) is 26.9 Å². The van der Waals surface area contributed by atoms with Gasteiger partial charge in [0.25, 0.3) is 0 Å². The number of hydrogen-bond donors (Lipinski definition) is 0. The molecule has 0 spiro atoms. The van der Waals surface area contributed by atoms with Gasteiger partial charge in [-0.3, -0.25) is 9.59 Å². The standard InChI is InChI=1S/C11H20O2.C10H14.C6H15O3P.BF4.Ru/c1-10(2,3)8(12)7-9(13)11(4,5)6;1-8(2)10-6-4-9(3)5-7-10;1-4-7-10(8-5-2)9-6-3;2-1(3,4)5;/h7H2,1-6H3;4-8H,1-3H3;4-6H2,1-3H3;;/q;;;-1;+2. The van der Waals surface area contributed by atoms with E-state index in [-0.39, 0.29) is 37.5 Å². The molecule has 0 N–H and O–H groups in total. The Labute approximate surface area is 250 Å². The Morgan fingerprint density at radius 2 is 1.05 bits per heavy atom. The van der Waals surface area contributed by atoms with E-state index in [0.29, 0.717) is 25.7 Å². The summed E-state index contributed by atoms with van der Waals surface area (Å²) in [5, 5.41) is 0. The first-order chi connectivity index (χ1) is 17.1. The molecular formula is C27H49BF4O5PRu+. The van der Waals surface area contributed by atoms with E-state index in [2.05, 4.69) is 46.5 Å². The summed E-state index contributed by atoms with van der Waals surface area (Å²) in [5.41, 5.74) is -0.804. The van der Waals surface area contributed by atoms with E-state index in [1.54, 1.807) is 0 Å². The molecule has 6 radical (unpaired) electrons. The molecule has 12 heteroatoms. The van der Waals surface area contributed by atoms with Crippen molar-refractivity contribution >= 4 is 27.4 Å². The van der Waals surface area contributed by atoms with Crippen molar-refractivity contribution < 1.29 is 59.9 Å². The van der Waals surface area contributed by atoms with Gasteiger partial charge in [0.2, 0.25) is 0 Å². The fourth-order valence-electron chi connectivity index (χ4n) is 2.06.